The van der Waals surface area contributed by atoms with Gasteiger partial charge in [-0.15, -0.1) is 0 Å². The van der Waals surface area contributed by atoms with E-state index in [4.69, 9.17) is 4.74 Å². The van der Waals surface area contributed by atoms with Gasteiger partial charge in [-0.05, 0) is 36.1 Å². The minimum Gasteiger partial charge on any atom is -0.489 e. The van der Waals surface area contributed by atoms with Crippen LogP contribution < -0.4 is 15.4 Å². The summed E-state index contributed by atoms with van der Waals surface area (Å²) in [7, 11) is 0. The minimum absolute atomic E-state index is 0.0773. The van der Waals surface area contributed by atoms with E-state index in [1.54, 1.807) is 0 Å². The number of hydrogen-bond acceptors (Lipinski definition) is 3. The van der Waals surface area contributed by atoms with E-state index in [-0.39, 0.29) is 18.1 Å². The van der Waals surface area contributed by atoms with Crippen LogP contribution in [0.3, 0.4) is 0 Å². The molecular weight excluding hydrogens is 316 g/mol. The monoisotopic (exact) mass is 340 g/mol. The van der Waals surface area contributed by atoms with Gasteiger partial charge < -0.3 is 20.5 Å². The summed E-state index contributed by atoms with van der Waals surface area (Å²) in [6, 6.07) is 17.5. The van der Waals surface area contributed by atoms with Gasteiger partial charge in [0.2, 0.25) is 0 Å². The minimum atomic E-state index is -0.203. The molecule has 0 bridgehead atoms. The average Bonchev–Trinajstić information content (AvgIpc) is 3.45. The molecule has 0 saturated heterocycles. The van der Waals surface area contributed by atoms with E-state index in [1.807, 2.05) is 54.6 Å². The van der Waals surface area contributed by atoms with Gasteiger partial charge in [-0.2, -0.15) is 0 Å². The maximum absolute atomic E-state index is 11.9. The molecule has 0 radical (unpaired) electrons. The lowest BCUT2D eigenvalue weighted by atomic mass is 10.1. The lowest BCUT2D eigenvalue weighted by Crippen LogP contribution is -2.39. The van der Waals surface area contributed by atoms with Crippen molar-refractivity contribution in [3.8, 4) is 5.75 Å². The molecule has 0 aliphatic heterocycles. The van der Waals surface area contributed by atoms with Gasteiger partial charge in [-0.25, -0.2) is 4.79 Å². The standard InChI is InChI=1S/C20H24N2O3/c23-15-20(9-10-20)14-22-19(24)21-12-16-5-4-6-17(11-16)13-25-18-7-2-1-3-8-18/h1-8,11,23H,9-10,12-15H2,(H2,21,22,24). The molecule has 5 heteroatoms. The zero-order chi connectivity index (χ0) is 17.5. The van der Waals surface area contributed by atoms with E-state index in [9.17, 15) is 9.90 Å². The summed E-state index contributed by atoms with van der Waals surface area (Å²) in [5, 5.41) is 14.9. The van der Waals surface area contributed by atoms with Crippen LogP contribution in [0.5, 0.6) is 5.75 Å². The third-order valence-corrected chi connectivity index (χ3v) is 4.51. The zero-order valence-corrected chi connectivity index (χ0v) is 14.2. The number of carbonyl (C=O) groups is 1. The first kappa shape index (κ1) is 17.3. The first-order valence-electron chi connectivity index (χ1n) is 8.57. The van der Waals surface area contributed by atoms with Gasteiger partial charge >= 0.3 is 6.03 Å². The topological polar surface area (TPSA) is 70.6 Å². The Bertz CT molecular complexity index is 699. The predicted molar refractivity (Wildman–Crippen MR) is 96.2 cm³/mol. The number of carbonyl (C=O) groups excluding carboxylic acids is 1. The highest BCUT2D eigenvalue weighted by Crippen LogP contribution is 2.44. The fraction of sp³-hybridized carbons (Fsp3) is 0.350. The van der Waals surface area contributed by atoms with Gasteiger partial charge in [0.05, 0.1) is 6.61 Å². The van der Waals surface area contributed by atoms with Crippen LogP contribution in [0, 0.1) is 5.41 Å². The molecule has 0 aromatic heterocycles. The molecule has 2 aromatic carbocycles. The number of nitrogens with one attached hydrogen (secondary N) is 2. The molecule has 25 heavy (non-hydrogen) atoms. The molecule has 0 unspecified atom stereocenters. The zero-order valence-electron chi connectivity index (χ0n) is 14.2. The van der Waals surface area contributed by atoms with E-state index >= 15 is 0 Å². The Morgan fingerprint density at radius 3 is 2.52 bits per heavy atom. The average molecular weight is 340 g/mol. The van der Waals surface area contributed by atoms with Crippen molar-refractivity contribution in [1.82, 2.24) is 10.6 Å². The molecular formula is C20H24N2O3. The molecule has 0 spiro atoms. The Hall–Kier alpha value is -2.53. The van der Waals surface area contributed by atoms with E-state index in [0.717, 1.165) is 29.7 Å². The van der Waals surface area contributed by atoms with Gasteiger partial charge in [0, 0.05) is 18.5 Å². The second kappa shape index (κ2) is 8.03. The number of hydrogen-bond donors (Lipinski definition) is 3. The summed E-state index contributed by atoms with van der Waals surface area (Å²) in [6.07, 6.45) is 1.96. The molecule has 3 N–H and O–H groups in total. The maximum Gasteiger partial charge on any atom is 0.315 e. The lowest BCUT2D eigenvalue weighted by Gasteiger charge is -2.13. The number of benzene rings is 2. The van der Waals surface area contributed by atoms with Gasteiger partial charge in [-0.1, -0.05) is 42.5 Å². The number of rotatable bonds is 8. The number of ether oxygens (including phenoxy) is 1. The van der Waals surface area contributed by atoms with Crippen LogP contribution in [0.4, 0.5) is 4.79 Å². The third kappa shape index (κ3) is 5.22. The summed E-state index contributed by atoms with van der Waals surface area (Å²) in [4.78, 5) is 11.9. The summed E-state index contributed by atoms with van der Waals surface area (Å²) in [5.74, 6) is 0.836. The van der Waals surface area contributed by atoms with Crippen LogP contribution in [-0.4, -0.2) is 24.3 Å². The fourth-order valence-corrected chi connectivity index (χ4v) is 2.59. The number of urea groups is 1. The number of amides is 2. The van der Waals surface area contributed by atoms with E-state index in [2.05, 4.69) is 10.6 Å². The van der Waals surface area contributed by atoms with Crippen LogP contribution in [0.2, 0.25) is 0 Å². The first-order valence-corrected chi connectivity index (χ1v) is 8.57. The molecule has 5 nitrogen and oxygen atoms in total. The van der Waals surface area contributed by atoms with Crippen molar-refractivity contribution >= 4 is 6.03 Å². The molecule has 132 valence electrons. The van der Waals surface area contributed by atoms with Gasteiger partial charge in [0.15, 0.2) is 0 Å². The van der Waals surface area contributed by atoms with Crippen LogP contribution in [-0.2, 0) is 13.2 Å². The Morgan fingerprint density at radius 2 is 1.80 bits per heavy atom. The number of aliphatic hydroxyl groups is 1. The SMILES string of the molecule is O=C(NCc1cccc(COc2ccccc2)c1)NCC1(CO)CC1. The second-order valence-electron chi connectivity index (χ2n) is 6.62. The van der Waals surface area contributed by atoms with Crippen LogP contribution in [0.1, 0.15) is 24.0 Å². The van der Waals surface area contributed by atoms with Crippen LogP contribution >= 0.6 is 0 Å². The third-order valence-electron chi connectivity index (χ3n) is 4.51. The molecule has 3 rings (SSSR count). The smallest absolute Gasteiger partial charge is 0.315 e. The molecule has 1 saturated carbocycles. The van der Waals surface area contributed by atoms with Crippen molar-refractivity contribution in [2.24, 2.45) is 5.41 Å². The van der Waals surface area contributed by atoms with Crippen molar-refractivity contribution in [3.05, 3.63) is 65.7 Å². The molecule has 0 atom stereocenters. The van der Waals surface area contributed by atoms with Crippen molar-refractivity contribution in [2.45, 2.75) is 26.0 Å². The van der Waals surface area contributed by atoms with E-state index < -0.39 is 0 Å². The van der Waals surface area contributed by atoms with Crippen molar-refractivity contribution in [1.29, 1.82) is 0 Å². The summed E-state index contributed by atoms with van der Waals surface area (Å²) >= 11 is 0. The van der Waals surface area contributed by atoms with Crippen molar-refractivity contribution < 1.29 is 14.6 Å². The van der Waals surface area contributed by atoms with Gasteiger partial charge in [0.25, 0.3) is 0 Å². The predicted octanol–water partition coefficient (Wildman–Crippen LogP) is 2.84. The van der Waals surface area contributed by atoms with Gasteiger partial charge in [0.1, 0.15) is 12.4 Å². The highest BCUT2D eigenvalue weighted by molar-refractivity contribution is 5.73. The molecule has 1 fully saturated rings. The van der Waals surface area contributed by atoms with Crippen molar-refractivity contribution in [3.63, 3.8) is 0 Å². The maximum atomic E-state index is 11.9. The highest BCUT2D eigenvalue weighted by atomic mass is 16.5. The Kier molecular flexibility index (Phi) is 5.56. The molecule has 1 aliphatic carbocycles. The normalized spacial score (nSPS) is 14.6. The Morgan fingerprint density at radius 1 is 1.04 bits per heavy atom. The van der Waals surface area contributed by atoms with E-state index in [0.29, 0.717) is 19.7 Å². The van der Waals surface area contributed by atoms with Crippen LogP contribution in [0.15, 0.2) is 54.6 Å². The Balaban J connectivity index is 1.44. The lowest BCUT2D eigenvalue weighted by molar-refractivity contribution is 0.203. The van der Waals surface area contributed by atoms with Gasteiger partial charge in [-0.3, -0.25) is 0 Å². The van der Waals surface area contributed by atoms with E-state index in [1.165, 1.54) is 0 Å². The summed E-state index contributed by atoms with van der Waals surface area (Å²) < 4.78 is 5.74. The van der Waals surface area contributed by atoms with Crippen molar-refractivity contribution in [2.75, 3.05) is 13.2 Å². The quantitative estimate of drug-likeness (QED) is 0.692. The highest BCUT2D eigenvalue weighted by Gasteiger charge is 2.42. The molecule has 2 amide bonds. The first-order chi connectivity index (χ1) is 12.2. The number of aliphatic hydroxyl groups excluding tert-OH is 1. The largest absolute Gasteiger partial charge is 0.489 e. The second-order valence-corrected chi connectivity index (χ2v) is 6.62. The van der Waals surface area contributed by atoms with Crippen LogP contribution in [0.25, 0.3) is 0 Å². The summed E-state index contributed by atoms with van der Waals surface area (Å²) in [5.41, 5.74) is 2.00. The molecule has 2 aromatic rings. The fourth-order valence-electron chi connectivity index (χ4n) is 2.59. The number of para-hydroxylation sites is 1. The Labute approximate surface area is 148 Å². The summed E-state index contributed by atoms with van der Waals surface area (Å²) in [6.45, 7) is 1.61. The molecule has 1 aliphatic rings. The molecule has 0 heterocycles.